The zero-order chi connectivity index (χ0) is 19.4. The van der Waals surface area contributed by atoms with Crippen LogP contribution in [0.3, 0.4) is 0 Å². The molecule has 3 aromatic rings. The Morgan fingerprint density at radius 2 is 1.71 bits per heavy atom. The predicted molar refractivity (Wildman–Crippen MR) is 109 cm³/mol. The van der Waals surface area contributed by atoms with Gasteiger partial charge < -0.3 is 5.32 Å². The van der Waals surface area contributed by atoms with E-state index in [1.54, 1.807) is 18.3 Å². The Hall–Kier alpha value is -2.77. The number of aromatic nitrogens is 2. The third-order valence-electron chi connectivity index (χ3n) is 4.86. The lowest BCUT2D eigenvalue weighted by Gasteiger charge is -2.15. The summed E-state index contributed by atoms with van der Waals surface area (Å²) in [5.41, 5.74) is 3.31. The predicted octanol–water partition coefficient (Wildman–Crippen LogP) is 3.54. The fourth-order valence-corrected chi connectivity index (χ4v) is 4.72. The van der Waals surface area contributed by atoms with Crippen molar-refractivity contribution in [3.05, 3.63) is 72.7 Å². The van der Waals surface area contributed by atoms with Crippen molar-refractivity contribution in [1.29, 1.82) is 0 Å². The molecule has 3 heterocycles. The molecular formula is C21H22N4O2S. The minimum Gasteiger partial charge on any atom is -0.366 e. The van der Waals surface area contributed by atoms with E-state index in [-0.39, 0.29) is 4.90 Å². The van der Waals surface area contributed by atoms with Gasteiger partial charge in [-0.25, -0.2) is 13.4 Å². The number of nitrogens with zero attached hydrogens (tertiary/aromatic N) is 3. The molecular weight excluding hydrogens is 372 g/mol. The first kappa shape index (κ1) is 18.6. The Kier molecular flexibility index (Phi) is 5.36. The lowest BCUT2D eigenvalue weighted by molar-refractivity contribution is 0.477. The summed E-state index contributed by atoms with van der Waals surface area (Å²) in [5.74, 6) is 0.650. The SMILES string of the molecule is O=S(=O)(c1ccc(NCc2ccc(-c3cccnc3)cc2)nc1)N1CCCC1. The van der Waals surface area contributed by atoms with Crippen molar-refractivity contribution in [2.45, 2.75) is 24.3 Å². The van der Waals surface area contributed by atoms with Gasteiger partial charge in [0.25, 0.3) is 0 Å². The molecule has 1 aliphatic heterocycles. The summed E-state index contributed by atoms with van der Waals surface area (Å²) in [5, 5.41) is 3.24. The maximum absolute atomic E-state index is 12.5. The zero-order valence-corrected chi connectivity index (χ0v) is 16.3. The quantitative estimate of drug-likeness (QED) is 0.692. The second-order valence-corrected chi connectivity index (χ2v) is 8.72. The molecule has 1 fully saturated rings. The first-order chi connectivity index (χ1) is 13.6. The van der Waals surface area contributed by atoms with Gasteiger partial charge in [-0.2, -0.15) is 4.31 Å². The van der Waals surface area contributed by atoms with E-state index in [1.807, 2.05) is 18.3 Å². The van der Waals surface area contributed by atoms with Crippen LogP contribution in [0.5, 0.6) is 0 Å². The first-order valence-corrected chi connectivity index (χ1v) is 10.8. The fraction of sp³-hybridized carbons (Fsp3) is 0.238. The molecule has 0 atom stereocenters. The van der Waals surface area contributed by atoms with E-state index < -0.39 is 10.0 Å². The summed E-state index contributed by atoms with van der Waals surface area (Å²) in [6, 6.07) is 15.5. The number of anilines is 1. The van der Waals surface area contributed by atoms with Crippen molar-refractivity contribution in [2.24, 2.45) is 0 Å². The molecule has 1 saturated heterocycles. The van der Waals surface area contributed by atoms with Crippen LogP contribution in [0.1, 0.15) is 18.4 Å². The molecule has 1 aromatic carbocycles. The lowest BCUT2D eigenvalue weighted by atomic mass is 10.1. The summed E-state index contributed by atoms with van der Waals surface area (Å²) in [4.78, 5) is 8.66. The van der Waals surface area contributed by atoms with Crippen LogP contribution in [-0.4, -0.2) is 35.8 Å². The van der Waals surface area contributed by atoms with Gasteiger partial charge in [-0.05, 0) is 47.7 Å². The number of hydrogen-bond donors (Lipinski definition) is 1. The summed E-state index contributed by atoms with van der Waals surface area (Å²) < 4.78 is 26.6. The Labute approximate surface area is 165 Å². The van der Waals surface area contributed by atoms with Gasteiger partial charge >= 0.3 is 0 Å². The number of pyridine rings is 2. The molecule has 7 heteroatoms. The van der Waals surface area contributed by atoms with Crippen LogP contribution in [0.15, 0.2) is 72.0 Å². The molecule has 0 radical (unpaired) electrons. The molecule has 0 aliphatic carbocycles. The van der Waals surface area contributed by atoms with Crippen molar-refractivity contribution in [2.75, 3.05) is 18.4 Å². The van der Waals surface area contributed by atoms with Crippen molar-refractivity contribution in [1.82, 2.24) is 14.3 Å². The molecule has 0 spiro atoms. The van der Waals surface area contributed by atoms with E-state index in [0.717, 1.165) is 29.5 Å². The molecule has 6 nitrogen and oxygen atoms in total. The number of hydrogen-bond acceptors (Lipinski definition) is 5. The van der Waals surface area contributed by atoms with Gasteiger partial charge in [-0.1, -0.05) is 30.3 Å². The molecule has 0 bridgehead atoms. The zero-order valence-electron chi connectivity index (χ0n) is 15.5. The van der Waals surface area contributed by atoms with Crippen molar-refractivity contribution < 1.29 is 8.42 Å². The number of nitrogens with one attached hydrogen (secondary N) is 1. The van der Waals surface area contributed by atoms with Crippen LogP contribution in [-0.2, 0) is 16.6 Å². The Bertz CT molecular complexity index is 1010. The van der Waals surface area contributed by atoms with Crippen LogP contribution < -0.4 is 5.32 Å². The second kappa shape index (κ2) is 8.08. The number of sulfonamides is 1. The molecule has 28 heavy (non-hydrogen) atoms. The second-order valence-electron chi connectivity index (χ2n) is 6.78. The van der Waals surface area contributed by atoms with Gasteiger partial charge in [0.2, 0.25) is 10.0 Å². The van der Waals surface area contributed by atoms with Gasteiger partial charge in [-0.3, -0.25) is 4.98 Å². The molecule has 144 valence electrons. The van der Waals surface area contributed by atoms with Gasteiger partial charge in [0, 0.05) is 38.2 Å². The molecule has 0 saturated carbocycles. The van der Waals surface area contributed by atoms with Gasteiger partial charge in [-0.15, -0.1) is 0 Å². The van der Waals surface area contributed by atoms with Crippen LogP contribution >= 0.6 is 0 Å². The lowest BCUT2D eigenvalue weighted by Crippen LogP contribution is -2.27. The Morgan fingerprint density at radius 3 is 2.36 bits per heavy atom. The average molecular weight is 395 g/mol. The molecule has 1 aliphatic rings. The first-order valence-electron chi connectivity index (χ1n) is 9.32. The summed E-state index contributed by atoms with van der Waals surface area (Å²) >= 11 is 0. The van der Waals surface area contributed by atoms with Gasteiger partial charge in [0.05, 0.1) is 0 Å². The highest BCUT2D eigenvalue weighted by Gasteiger charge is 2.27. The standard InChI is InChI=1S/C21H22N4O2S/c26-28(27,25-12-1-2-13-25)20-9-10-21(24-16-20)23-14-17-5-7-18(8-6-17)19-4-3-11-22-15-19/h3-11,15-16H,1-2,12-14H2,(H,23,24). The maximum atomic E-state index is 12.5. The van der Waals surface area contributed by atoms with E-state index in [9.17, 15) is 8.42 Å². The van der Waals surface area contributed by atoms with Crippen molar-refractivity contribution >= 4 is 15.8 Å². The number of benzene rings is 1. The largest absolute Gasteiger partial charge is 0.366 e. The fourth-order valence-electron chi connectivity index (χ4n) is 3.26. The minimum absolute atomic E-state index is 0.251. The Morgan fingerprint density at radius 1 is 0.929 bits per heavy atom. The maximum Gasteiger partial charge on any atom is 0.244 e. The topological polar surface area (TPSA) is 75.2 Å². The van der Waals surface area contributed by atoms with E-state index in [4.69, 9.17) is 0 Å². The smallest absolute Gasteiger partial charge is 0.244 e. The normalized spacial score (nSPS) is 14.9. The van der Waals surface area contributed by atoms with E-state index >= 15 is 0 Å². The summed E-state index contributed by atoms with van der Waals surface area (Å²) in [6.45, 7) is 1.80. The molecule has 0 amide bonds. The van der Waals surface area contributed by atoms with Crippen molar-refractivity contribution in [3.63, 3.8) is 0 Å². The van der Waals surface area contributed by atoms with Crippen LogP contribution in [0, 0.1) is 0 Å². The van der Waals surface area contributed by atoms with E-state index in [2.05, 4.69) is 39.6 Å². The van der Waals surface area contributed by atoms with Crippen LogP contribution in [0.4, 0.5) is 5.82 Å². The van der Waals surface area contributed by atoms with Gasteiger partial charge in [0.15, 0.2) is 0 Å². The Balaban J connectivity index is 1.39. The highest BCUT2D eigenvalue weighted by molar-refractivity contribution is 7.89. The molecule has 2 aromatic heterocycles. The highest BCUT2D eigenvalue weighted by atomic mass is 32.2. The molecule has 0 unspecified atom stereocenters. The van der Waals surface area contributed by atoms with E-state index in [1.165, 1.54) is 10.5 Å². The highest BCUT2D eigenvalue weighted by Crippen LogP contribution is 2.22. The van der Waals surface area contributed by atoms with Gasteiger partial charge in [0.1, 0.15) is 10.7 Å². The molecule has 1 N–H and O–H groups in total. The average Bonchev–Trinajstić information content (AvgIpc) is 3.30. The summed E-state index contributed by atoms with van der Waals surface area (Å²) in [6.07, 6.45) is 6.88. The third-order valence-corrected chi connectivity index (χ3v) is 6.74. The molecule has 4 rings (SSSR count). The number of rotatable bonds is 6. The van der Waals surface area contributed by atoms with Crippen LogP contribution in [0.2, 0.25) is 0 Å². The third kappa shape index (κ3) is 4.05. The summed E-state index contributed by atoms with van der Waals surface area (Å²) in [7, 11) is -3.42. The monoisotopic (exact) mass is 394 g/mol. The minimum atomic E-state index is -3.42. The van der Waals surface area contributed by atoms with Crippen molar-refractivity contribution in [3.8, 4) is 11.1 Å². The van der Waals surface area contributed by atoms with Crippen LogP contribution in [0.25, 0.3) is 11.1 Å². The van der Waals surface area contributed by atoms with E-state index in [0.29, 0.717) is 25.5 Å².